The molecule has 0 spiro atoms. The van der Waals surface area contributed by atoms with Crippen LogP contribution in [0.4, 0.5) is 16.3 Å². The zero-order chi connectivity index (χ0) is 12.1. The molecule has 2 aromatic rings. The Balaban J connectivity index is 1.98. The maximum absolute atomic E-state index is 11.6. The van der Waals surface area contributed by atoms with Gasteiger partial charge in [0.05, 0.1) is 0 Å². The highest BCUT2D eigenvalue weighted by Crippen LogP contribution is 2.15. The van der Waals surface area contributed by atoms with Crippen LogP contribution in [0.15, 0.2) is 47.1 Å². The number of anilines is 2. The first-order chi connectivity index (χ1) is 8.24. The molecule has 17 heavy (non-hydrogen) atoms. The lowest BCUT2D eigenvalue weighted by Crippen LogP contribution is -2.19. The molecule has 2 N–H and O–H groups in total. The van der Waals surface area contributed by atoms with Crippen LogP contribution in [0, 0.1) is 6.07 Å². The van der Waals surface area contributed by atoms with Crippen LogP contribution < -0.4 is 10.6 Å². The molecule has 0 aliphatic rings. The summed E-state index contributed by atoms with van der Waals surface area (Å²) in [6, 6.07) is 13.1. The number of carbonyl (C=O) groups excluding carboxylic acids is 1. The normalized spacial score (nSPS) is 9.71. The first kappa shape index (κ1) is 11.6. The highest BCUT2D eigenvalue weighted by molar-refractivity contribution is 9.10. The molecule has 1 radical (unpaired) electrons. The van der Waals surface area contributed by atoms with Crippen molar-refractivity contribution in [1.29, 1.82) is 0 Å². The summed E-state index contributed by atoms with van der Waals surface area (Å²) in [5, 5.41) is 5.31. The number of hydrogen-bond donors (Lipinski definition) is 2. The maximum atomic E-state index is 11.6. The molecular formula is C12H9BrN3O. The number of carbonyl (C=O) groups is 1. The molecule has 1 heterocycles. The molecule has 1 aromatic heterocycles. The lowest BCUT2D eigenvalue weighted by Gasteiger charge is -2.06. The SMILES string of the molecule is O=C(Nc1cc[c]c(Br)c1)Nc1ccccn1. The van der Waals surface area contributed by atoms with Crippen LogP contribution in [-0.4, -0.2) is 11.0 Å². The van der Waals surface area contributed by atoms with Crippen molar-refractivity contribution in [2.24, 2.45) is 0 Å². The van der Waals surface area contributed by atoms with Gasteiger partial charge < -0.3 is 5.32 Å². The Hall–Kier alpha value is -1.88. The standard InChI is InChI=1S/C12H9BrN3O/c13-9-4-3-5-10(8-9)15-12(17)16-11-6-1-2-7-14-11/h1-3,5-8H,(H2,14,15,16,17). The minimum absolute atomic E-state index is 0.332. The van der Waals surface area contributed by atoms with Gasteiger partial charge in [-0.05, 0) is 30.3 Å². The van der Waals surface area contributed by atoms with Gasteiger partial charge in [0.15, 0.2) is 0 Å². The molecule has 85 valence electrons. The van der Waals surface area contributed by atoms with E-state index < -0.39 is 0 Å². The van der Waals surface area contributed by atoms with Gasteiger partial charge in [-0.15, -0.1) is 0 Å². The van der Waals surface area contributed by atoms with Gasteiger partial charge >= 0.3 is 6.03 Å². The van der Waals surface area contributed by atoms with Crippen molar-refractivity contribution in [3.8, 4) is 0 Å². The molecule has 5 heteroatoms. The smallest absolute Gasteiger partial charge is 0.308 e. The van der Waals surface area contributed by atoms with E-state index in [1.54, 1.807) is 42.6 Å². The van der Waals surface area contributed by atoms with E-state index >= 15 is 0 Å². The monoisotopic (exact) mass is 290 g/mol. The molecule has 0 saturated carbocycles. The summed E-state index contributed by atoms with van der Waals surface area (Å²) in [6.45, 7) is 0. The summed E-state index contributed by atoms with van der Waals surface area (Å²) >= 11 is 3.28. The lowest BCUT2D eigenvalue weighted by atomic mass is 10.3. The van der Waals surface area contributed by atoms with E-state index in [4.69, 9.17) is 0 Å². The third-order valence-electron chi connectivity index (χ3n) is 1.93. The second-order valence-electron chi connectivity index (χ2n) is 3.22. The molecule has 0 fully saturated rings. The number of rotatable bonds is 2. The van der Waals surface area contributed by atoms with Crippen LogP contribution in [0.25, 0.3) is 0 Å². The van der Waals surface area contributed by atoms with Crippen LogP contribution in [0.5, 0.6) is 0 Å². The highest BCUT2D eigenvalue weighted by atomic mass is 79.9. The second kappa shape index (κ2) is 5.45. The van der Waals surface area contributed by atoms with Gasteiger partial charge in [0.1, 0.15) is 5.82 Å². The van der Waals surface area contributed by atoms with Crippen LogP contribution in [0.3, 0.4) is 0 Å². The van der Waals surface area contributed by atoms with E-state index in [-0.39, 0.29) is 6.03 Å². The zero-order valence-corrected chi connectivity index (χ0v) is 10.4. The quantitative estimate of drug-likeness (QED) is 0.892. The summed E-state index contributed by atoms with van der Waals surface area (Å²) in [5.41, 5.74) is 0.684. The van der Waals surface area contributed by atoms with Crippen LogP contribution >= 0.6 is 15.9 Å². The third-order valence-corrected chi connectivity index (χ3v) is 2.39. The summed E-state index contributed by atoms with van der Waals surface area (Å²) in [5.74, 6) is 0.506. The van der Waals surface area contributed by atoms with Gasteiger partial charge in [0.2, 0.25) is 0 Å². The van der Waals surface area contributed by atoms with Crippen molar-refractivity contribution in [2.75, 3.05) is 10.6 Å². The van der Waals surface area contributed by atoms with Gasteiger partial charge in [0, 0.05) is 16.4 Å². The van der Waals surface area contributed by atoms with Gasteiger partial charge in [-0.2, -0.15) is 0 Å². The average Bonchev–Trinajstić information content (AvgIpc) is 2.30. The maximum Gasteiger partial charge on any atom is 0.324 e. The third kappa shape index (κ3) is 3.57. The molecule has 0 saturated heterocycles. The van der Waals surface area contributed by atoms with Gasteiger partial charge in [0.25, 0.3) is 0 Å². The molecular weight excluding hydrogens is 282 g/mol. The molecule has 2 rings (SSSR count). The number of nitrogens with zero attached hydrogens (tertiary/aromatic N) is 1. The average molecular weight is 291 g/mol. The zero-order valence-electron chi connectivity index (χ0n) is 8.77. The number of hydrogen-bond acceptors (Lipinski definition) is 2. The number of halogens is 1. The van der Waals surface area contributed by atoms with E-state index in [2.05, 4.69) is 37.6 Å². The second-order valence-corrected chi connectivity index (χ2v) is 4.07. The number of nitrogens with one attached hydrogen (secondary N) is 2. The minimum atomic E-state index is -0.332. The van der Waals surface area contributed by atoms with E-state index in [9.17, 15) is 4.79 Å². The molecule has 0 aliphatic heterocycles. The largest absolute Gasteiger partial charge is 0.324 e. The molecule has 0 bridgehead atoms. The van der Waals surface area contributed by atoms with Crippen molar-refractivity contribution in [1.82, 2.24) is 4.98 Å². The fourth-order valence-corrected chi connectivity index (χ4v) is 1.61. The number of pyridine rings is 1. The van der Waals surface area contributed by atoms with E-state index in [0.717, 1.165) is 4.47 Å². The molecule has 0 atom stereocenters. The van der Waals surface area contributed by atoms with Gasteiger partial charge in [-0.1, -0.05) is 28.1 Å². The molecule has 1 aromatic carbocycles. The van der Waals surface area contributed by atoms with Crippen molar-refractivity contribution in [3.05, 3.63) is 53.1 Å². The summed E-state index contributed by atoms with van der Waals surface area (Å²) < 4.78 is 0.785. The Morgan fingerprint density at radius 2 is 2.18 bits per heavy atom. The fourth-order valence-electron chi connectivity index (χ4n) is 1.23. The molecule has 4 nitrogen and oxygen atoms in total. The number of urea groups is 1. The highest BCUT2D eigenvalue weighted by Gasteiger charge is 2.02. The van der Waals surface area contributed by atoms with Crippen molar-refractivity contribution in [2.45, 2.75) is 0 Å². The number of amides is 2. The first-order valence-corrected chi connectivity index (χ1v) is 5.69. The van der Waals surface area contributed by atoms with Crippen LogP contribution in [0.1, 0.15) is 0 Å². The van der Waals surface area contributed by atoms with E-state index in [1.165, 1.54) is 0 Å². The molecule has 0 aliphatic carbocycles. The fraction of sp³-hybridized carbons (Fsp3) is 0. The minimum Gasteiger partial charge on any atom is -0.308 e. The first-order valence-electron chi connectivity index (χ1n) is 4.90. The predicted molar refractivity (Wildman–Crippen MR) is 69.9 cm³/mol. The Labute approximate surface area is 107 Å². The summed E-state index contributed by atoms with van der Waals surface area (Å²) in [4.78, 5) is 15.6. The van der Waals surface area contributed by atoms with Crippen LogP contribution in [-0.2, 0) is 0 Å². The Morgan fingerprint density at radius 1 is 1.29 bits per heavy atom. The summed E-state index contributed by atoms with van der Waals surface area (Å²) in [6.07, 6.45) is 1.61. The van der Waals surface area contributed by atoms with E-state index in [1.807, 2.05) is 0 Å². The van der Waals surface area contributed by atoms with Crippen molar-refractivity contribution in [3.63, 3.8) is 0 Å². The van der Waals surface area contributed by atoms with Crippen molar-refractivity contribution < 1.29 is 4.79 Å². The van der Waals surface area contributed by atoms with Crippen molar-refractivity contribution >= 4 is 33.5 Å². The Kier molecular flexibility index (Phi) is 3.72. The number of benzene rings is 1. The van der Waals surface area contributed by atoms with Crippen LogP contribution in [0.2, 0.25) is 0 Å². The lowest BCUT2D eigenvalue weighted by molar-refractivity contribution is 0.262. The Morgan fingerprint density at radius 3 is 2.88 bits per heavy atom. The topological polar surface area (TPSA) is 54.0 Å². The van der Waals surface area contributed by atoms with E-state index in [0.29, 0.717) is 11.5 Å². The number of aromatic nitrogens is 1. The molecule has 0 unspecified atom stereocenters. The molecule has 2 amide bonds. The summed E-state index contributed by atoms with van der Waals surface area (Å²) in [7, 11) is 0. The van der Waals surface area contributed by atoms with Gasteiger partial charge in [-0.3, -0.25) is 5.32 Å². The predicted octanol–water partition coefficient (Wildman–Crippen LogP) is 3.29. The Bertz CT molecular complexity index is 516. The van der Waals surface area contributed by atoms with Gasteiger partial charge in [-0.25, -0.2) is 9.78 Å².